The average molecular weight is 238 g/mol. The Bertz CT molecular complexity index is 331. The van der Waals surface area contributed by atoms with Gasteiger partial charge in [0.25, 0.3) is 0 Å². The number of hydrogen-bond donors (Lipinski definition) is 1. The molecule has 0 aliphatic heterocycles. The monoisotopic (exact) mass is 238 g/mol. The van der Waals surface area contributed by atoms with E-state index in [1.807, 2.05) is 18.5 Å². The van der Waals surface area contributed by atoms with Gasteiger partial charge in [0.05, 0.1) is 12.3 Å². The average Bonchev–Trinajstić information content (AvgIpc) is 2.58. The third kappa shape index (κ3) is 4.15. The van der Waals surface area contributed by atoms with Crippen molar-refractivity contribution in [2.45, 2.75) is 72.4 Å². The highest BCUT2D eigenvalue weighted by molar-refractivity contribution is 5.23. The lowest BCUT2D eigenvalue weighted by Crippen LogP contribution is -2.03. The largest absolute Gasteiger partial charge is 0.392 e. The van der Waals surface area contributed by atoms with E-state index in [0.29, 0.717) is 0 Å². The summed E-state index contributed by atoms with van der Waals surface area (Å²) in [6.07, 6.45) is 7.82. The van der Waals surface area contributed by atoms with E-state index in [-0.39, 0.29) is 6.61 Å². The third-order valence-corrected chi connectivity index (χ3v) is 3.41. The van der Waals surface area contributed by atoms with Crippen molar-refractivity contribution in [3.8, 4) is 0 Å². The molecule has 0 spiro atoms. The number of rotatable bonds is 8. The van der Waals surface area contributed by atoms with E-state index in [1.54, 1.807) is 0 Å². The first-order valence-electron chi connectivity index (χ1n) is 6.84. The molecule has 0 radical (unpaired) electrons. The second-order valence-corrected chi connectivity index (χ2v) is 4.80. The summed E-state index contributed by atoms with van der Waals surface area (Å²) in [7, 11) is 0. The summed E-state index contributed by atoms with van der Waals surface area (Å²) in [6, 6.07) is 0. The van der Waals surface area contributed by atoms with Gasteiger partial charge in [-0.3, -0.25) is 4.68 Å². The van der Waals surface area contributed by atoms with Crippen molar-refractivity contribution in [3.05, 3.63) is 17.0 Å². The smallest absolute Gasteiger partial charge is 0.0718 e. The molecule has 3 heteroatoms. The van der Waals surface area contributed by atoms with Crippen LogP contribution < -0.4 is 0 Å². The molecular formula is C14H26N2O. The first-order chi connectivity index (χ1) is 8.20. The number of nitrogens with zero attached hydrogens (tertiary/aromatic N) is 2. The van der Waals surface area contributed by atoms with Crippen molar-refractivity contribution in [1.29, 1.82) is 0 Å². The fraction of sp³-hybridized carbons (Fsp3) is 0.786. The van der Waals surface area contributed by atoms with Crippen molar-refractivity contribution in [1.82, 2.24) is 9.78 Å². The fourth-order valence-electron chi connectivity index (χ4n) is 2.22. The molecule has 0 fully saturated rings. The molecule has 0 aromatic carbocycles. The lowest BCUT2D eigenvalue weighted by Gasteiger charge is -2.05. The molecule has 1 aromatic heterocycles. The van der Waals surface area contributed by atoms with Gasteiger partial charge < -0.3 is 5.11 Å². The summed E-state index contributed by atoms with van der Waals surface area (Å²) in [5.74, 6) is 0. The Morgan fingerprint density at radius 1 is 1.06 bits per heavy atom. The van der Waals surface area contributed by atoms with Crippen LogP contribution in [-0.4, -0.2) is 14.9 Å². The predicted octanol–water partition coefficient (Wildman–Crippen LogP) is 3.35. The van der Waals surface area contributed by atoms with Crippen LogP contribution >= 0.6 is 0 Å². The van der Waals surface area contributed by atoms with Crippen molar-refractivity contribution < 1.29 is 5.11 Å². The maximum absolute atomic E-state index is 9.23. The van der Waals surface area contributed by atoms with Gasteiger partial charge in [-0.25, -0.2) is 0 Å². The Balaban J connectivity index is 2.32. The summed E-state index contributed by atoms with van der Waals surface area (Å²) >= 11 is 0. The molecule has 0 atom stereocenters. The highest BCUT2D eigenvalue weighted by Gasteiger charge is 2.09. The molecule has 1 aromatic rings. The van der Waals surface area contributed by atoms with Crippen LogP contribution in [0.5, 0.6) is 0 Å². The van der Waals surface area contributed by atoms with Crippen LogP contribution in [0.2, 0.25) is 0 Å². The van der Waals surface area contributed by atoms with E-state index in [9.17, 15) is 5.11 Å². The molecule has 0 amide bonds. The molecule has 0 aliphatic rings. The minimum Gasteiger partial charge on any atom is -0.392 e. The van der Waals surface area contributed by atoms with Crippen LogP contribution in [0.4, 0.5) is 0 Å². The standard InChI is InChI=1S/C14H26N2O/c1-4-5-6-7-8-9-10-16-13(3)14(11-17)12(2)15-16/h17H,4-11H2,1-3H3. The number of aliphatic hydroxyl groups excluding tert-OH is 1. The molecule has 98 valence electrons. The van der Waals surface area contributed by atoms with Gasteiger partial charge in [0.15, 0.2) is 0 Å². The minimum absolute atomic E-state index is 0.105. The van der Waals surface area contributed by atoms with Gasteiger partial charge in [-0.05, 0) is 20.3 Å². The van der Waals surface area contributed by atoms with Gasteiger partial charge in [-0.2, -0.15) is 5.10 Å². The molecule has 1 rings (SSSR count). The Labute approximate surface area is 105 Å². The SMILES string of the molecule is CCCCCCCCn1nc(C)c(CO)c1C. The third-order valence-electron chi connectivity index (χ3n) is 3.41. The van der Waals surface area contributed by atoms with Crippen molar-refractivity contribution in [2.24, 2.45) is 0 Å². The van der Waals surface area contributed by atoms with Crippen LogP contribution in [0.3, 0.4) is 0 Å². The lowest BCUT2D eigenvalue weighted by molar-refractivity contribution is 0.280. The first kappa shape index (κ1) is 14.2. The van der Waals surface area contributed by atoms with Crippen LogP contribution in [0, 0.1) is 13.8 Å². The van der Waals surface area contributed by atoms with E-state index < -0.39 is 0 Å². The van der Waals surface area contributed by atoms with Crippen molar-refractivity contribution in [3.63, 3.8) is 0 Å². The highest BCUT2D eigenvalue weighted by atomic mass is 16.3. The lowest BCUT2D eigenvalue weighted by atomic mass is 10.1. The molecule has 1 N–H and O–H groups in total. The summed E-state index contributed by atoms with van der Waals surface area (Å²) in [6.45, 7) is 7.35. The molecule has 0 saturated heterocycles. The van der Waals surface area contributed by atoms with Crippen LogP contribution in [0.15, 0.2) is 0 Å². The number of hydrogen-bond acceptors (Lipinski definition) is 2. The van der Waals surface area contributed by atoms with E-state index in [0.717, 1.165) is 23.5 Å². The Morgan fingerprint density at radius 2 is 1.71 bits per heavy atom. The zero-order valence-corrected chi connectivity index (χ0v) is 11.5. The summed E-state index contributed by atoms with van der Waals surface area (Å²) in [5, 5.41) is 13.7. The zero-order valence-electron chi connectivity index (χ0n) is 11.5. The van der Waals surface area contributed by atoms with Crippen LogP contribution in [-0.2, 0) is 13.2 Å². The molecule has 0 unspecified atom stereocenters. The molecule has 0 bridgehead atoms. The highest BCUT2D eigenvalue weighted by Crippen LogP contribution is 2.14. The minimum atomic E-state index is 0.105. The Morgan fingerprint density at radius 3 is 2.29 bits per heavy atom. The second-order valence-electron chi connectivity index (χ2n) is 4.80. The number of unbranched alkanes of at least 4 members (excludes halogenated alkanes) is 5. The topological polar surface area (TPSA) is 38.0 Å². The van der Waals surface area contributed by atoms with E-state index in [2.05, 4.69) is 12.0 Å². The summed E-state index contributed by atoms with van der Waals surface area (Å²) < 4.78 is 2.04. The summed E-state index contributed by atoms with van der Waals surface area (Å²) in [5.41, 5.74) is 3.09. The molecular weight excluding hydrogens is 212 g/mol. The van der Waals surface area contributed by atoms with Crippen molar-refractivity contribution in [2.75, 3.05) is 0 Å². The van der Waals surface area contributed by atoms with E-state index in [1.165, 1.54) is 38.5 Å². The number of aromatic nitrogens is 2. The van der Waals surface area contributed by atoms with Gasteiger partial charge in [-0.15, -0.1) is 0 Å². The maximum atomic E-state index is 9.23. The quantitative estimate of drug-likeness (QED) is 0.705. The maximum Gasteiger partial charge on any atom is 0.0718 e. The van der Waals surface area contributed by atoms with Gasteiger partial charge in [-0.1, -0.05) is 39.0 Å². The molecule has 0 saturated carbocycles. The number of aryl methyl sites for hydroxylation is 2. The first-order valence-corrected chi connectivity index (χ1v) is 6.84. The fourth-order valence-corrected chi connectivity index (χ4v) is 2.22. The molecule has 0 aliphatic carbocycles. The number of aliphatic hydroxyl groups is 1. The second kappa shape index (κ2) is 7.49. The van der Waals surface area contributed by atoms with Gasteiger partial charge in [0, 0.05) is 17.8 Å². The Kier molecular flexibility index (Phi) is 6.27. The van der Waals surface area contributed by atoms with E-state index >= 15 is 0 Å². The predicted molar refractivity (Wildman–Crippen MR) is 71.0 cm³/mol. The molecule has 17 heavy (non-hydrogen) atoms. The Hall–Kier alpha value is -0.830. The summed E-state index contributed by atoms with van der Waals surface area (Å²) in [4.78, 5) is 0. The molecule has 3 nitrogen and oxygen atoms in total. The van der Waals surface area contributed by atoms with Crippen LogP contribution in [0.25, 0.3) is 0 Å². The normalized spacial score (nSPS) is 11.1. The van der Waals surface area contributed by atoms with Gasteiger partial charge in [0.1, 0.15) is 0 Å². The van der Waals surface area contributed by atoms with Crippen molar-refractivity contribution >= 4 is 0 Å². The molecule has 1 heterocycles. The van der Waals surface area contributed by atoms with Crippen LogP contribution in [0.1, 0.15) is 62.4 Å². The van der Waals surface area contributed by atoms with Gasteiger partial charge >= 0.3 is 0 Å². The van der Waals surface area contributed by atoms with E-state index in [4.69, 9.17) is 0 Å². The zero-order chi connectivity index (χ0) is 12.7. The van der Waals surface area contributed by atoms with Gasteiger partial charge in [0.2, 0.25) is 0 Å².